The molecule has 9 heteroatoms. The molecule has 1 aromatic carbocycles. The highest BCUT2D eigenvalue weighted by Gasteiger charge is 2.39. The highest BCUT2D eigenvalue weighted by Crippen LogP contribution is 2.40. The number of rotatable bonds is 6. The minimum Gasteiger partial charge on any atom is -0.465 e. The monoisotopic (exact) mass is 392 g/mol. The lowest BCUT2D eigenvalue weighted by Gasteiger charge is -2.29. The van der Waals surface area contributed by atoms with Crippen molar-refractivity contribution in [3.05, 3.63) is 29.8 Å². The lowest BCUT2D eigenvalue weighted by atomic mass is 9.89. The molecule has 0 amide bonds. The first-order valence-electron chi connectivity index (χ1n) is 8.97. The molecule has 8 nitrogen and oxygen atoms in total. The van der Waals surface area contributed by atoms with Gasteiger partial charge in [-0.1, -0.05) is 18.9 Å². The molecule has 0 atom stereocenters. The van der Waals surface area contributed by atoms with E-state index in [0.717, 1.165) is 19.4 Å². The molecule has 2 aliphatic rings. The fourth-order valence-electron chi connectivity index (χ4n) is 3.46. The van der Waals surface area contributed by atoms with Crippen LogP contribution in [0.3, 0.4) is 0 Å². The highest BCUT2D eigenvalue weighted by atomic mass is 32.2. The van der Waals surface area contributed by atoms with E-state index in [9.17, 15) is 13.2 Å². The van der Waals surface area contributed by atoms with Crippen LogP contribution in [0.25, 0.3) is 0 Å². The van der Waals surface area contributed by atoms with E-state index < -0.39 is 16.0 Å². The zero-order valence-corrected chi connectivity index (χ0v) is 16.4. The largest absolute Gasteiger partial charge is 0.465 e. The molecule has 0 aromatic heterocycles. The molecule has 1 heterocycles. The summed E-state index contributed by atoms with van der Waals surface area (Å²) in [4.78, 5) is 11.6. The first-order valence-corrected chi connectivity index (χ1v) is 10.4. The Morgan fingerprint density at radius 1 is 1.41 bits per heavy atom. The van der Waals surface area contributed by atoms with Crippen molar-refractivity contribution in [2.75, 3.05) is 20.2 Å². The number of esters is 1. The summed E-state index contributed by atoms with van der Waals surface area (Å²) in [7, 11) is -2.70. The molecule has 1 aliphatic carbocycles. The number of hydrogen-bond donors (Lipinski definition) is 0. The second-order valence-electron chi connectivity index (χ2n) is 6.82. The van der Waals surface area contributed by atoms with Crippen LogP contribution < -0.4 is 0 Å². The maximum atomic E-state index is 12.5. The number of hydrazine groups is 1. The third kappa shape index (κ3) is 4.13. The maximum absolute atomic E-state index is 12.5. The van der Waals surface area contributed by atoms with Gasteiger partial charge in [-0.3, -0.25) is 5.01 Å². The van der Waals surface area contributed by atoms with Gasteiger partial charge in [-0.2, -0.15) is 13.5 Å². The van der Waals surface area contributed by atoms with Crippen molar-refractivity contribution in [2.45, 2.75) is 37.5 Å². The van der Waals surface area contributed by atoms with Crippen LogP contribution >= 0.6 is 0 Å². The summed E-state index contributed by atoms with van der Waals surface area (Å²) in [5.74, 6) is -0.598. The summed E-state index contributed by atoms with van der Waals surface area (Å²) in [6.45, 7) is 3.19. The minimum absolute atomic E-state index is 0.0603. The SMILES string of the molecule is CCN(C=NS(=O)(=O)c1cccc(C(=O)OC)c1)N1CC2(C=N1)CCCC2. The predicted molar refractivity (Wildman–Crippen MR) is 102 cm³/mol. The Hall–Kier alpha value is -2.42. The van der Waals surface area contributed by atoms with Crippen LogP contribution in [0.15, 0.2) is 38.7 Å². The van der Waals surface area contributed by atoms with Crippen molar-refractivity contribution in [3.8, 4) is 0 Å². The molecule has 0 saturated heterocycles. The van der Waals surface area contributed by atoms with Gasteiger partial charge in [-0.15, -0.1) is 4.40 Å². The van der Waals surface area contributed by atoms with E-state index in [-0.39, 0.29) is 15.9 Å². The number of benzene rings is 1. The van der Waals surface area contributed by atoms with Crippen LogP contribution in [0.5, 0.6) is 0 Å². The Bertz CT molecular complexity index is 860. The zero-order chi connectivity index (χ0) is 19.5. The molecule has 1 saturated carbocycles. The number of nitrogens with zero attached hydrogens (tertiary/aromatic N) is 4. The summed E-state index contributed by atoms with van der Waals surface area (Å²) < 4.78 is 33.5. The van der Waals surface area contributed by atoms with Crippen molar-refractivity contribution < 1.29 is 17.9 Å². The average Bonchev–Trinajstić information content (AvgIpc) is 3.32. The van der Waals surface area contributed by atoms with E-state index in [1.165, 1.54) is 50.6 Å². The third-order valence-electron chi connectivity index (χ3n) is 5.01. The van der Waals surface area contributed by atoms with E-state index >= 15 is 0 Å². The number of carbonyl (C=O) groups excluding carboxylic acids is 1. The van der Waals surface area contributed by atoms with Gasteiger partial charge in [-0.05, 0) is 38.0 Å². The Morgan fingerprint density at radius 2 is 2.15 bits per heavy atom. The van der Waals surface area contributed by atoms with E-state index in [4.69, 9.17) is 0 Å². The molecule has 0 radical (unpaired) electrons. The number of methoxy groups -OCH3 is 1. The molecule has 0 unspecified atom stereocenters. The minimum atomic E-state index is -3.95. The quantitative estimate of drug-likeness (QED) is 0.419. The van der Waals surface area contributed by atoms with Gasteiger partial charge in [0.05, 0.1) is 24.1 Å². The van der Waals surface area contributed by atoms with Crippen molar-refractivity contribution in [3.63, 3.8) is 0 Å². The first kappa shape index (κ1) is 19.3. The molecule has 1 spiro atoms. The van der Waals surface area contributed by atoms with Gasteiger partial charge in [0.2, 0.25) is 0 Å². The summed E-state index contributed by atoms with van der Waals surface area (Å²) >= 11 is 0. The average molecular weight is 392 g/mol. The van der Waals surface area contributed by atoms with Crippen LogP contribution in [-0.4, -0.2) is 57.3 Å². The Labute approximate surface area is 159 Å². The Kier molecular flexibility index (Phi) is 5.50. The topological polar surface area (TPSA) is 91.6 Å². The van der Waals surface area contributed by atoms with E-state index in [0.29, 0.717) is 6.54 Å². The molecule has 3 rings (SSSR count). The van der Waals surface area contributed by atoms with Crippen LogP contribution in [0.4, 0.5) is 0 Å². The summed E-state index contributed by atoms with van der Waals surface area (Å²) in [5.41, 5.74) is 0.267. The van der Waals surface area contributed by atoms with Crippen molar-refractivity contribution >= 4 is 28.5 Å². The number of sulfonamides is 1. The van der Waals surface area contributed by atoms with Gasteiger partial charge in [0.1, 0.15) is 6.34 Å². The summed E-state index contributed by atoms with van der Waals surface area (Å²) in [6, 6.07) is 5.64. The molecular formula is C18H24N4O4S. The zero-order valence-electron chi connectivity index (χ0n) is 15.5. The highest BCUT2D eigenvalue weighted by molar-refractivity contribution is 7.90. The van der Waals surface area contributed by atoms with Crippen LogP contribution in [-0.2, 0) is 14.8 Å². The lowest BCUT2D eigenvalue weighted by Crippen LogP contribution is -2.40. The van der Waals surface area contributed by atoms with Crippen molar-refractivity contribution in [1.29, 1.82) is 0 Å². The summed E-state index contributed by atoms with van der Waals surface area (Å²) in [6.07, 6.45) is 7.90. The summed E-state index contributed by atoms with van der Waals surface area (Å²) in [5, 5.41) is 7.91. The number of ether oxygens (including phenoxy) is 1. The van der Waals surface area contributed by atoms with Crippen LogP contribution in [0, 0.1) is 5.41 Å². The molecule has 0 N–H and O–H groups in total. The first-order chi connectivity index (χ1) is 12.9. The van der Waals surface area contributed by atoms with Crippen LogP contribution in [0.1, 0.15) is 43.0 Å². The van der Waals surface area contributed by atoms with E-state index in [1.807, 2.05) is 13.1 Å². The molecule has 27 heavy (non-hydrogen) atoms. The molecule has 1 aromatic rings. The number of carbonyl (C=O) groups is 1. The maximum Gasteiger partial charge on any atom is 0.337 e. The van der Waals surface area contributed by atoms with Crippen molar-refractivity contribution in [2.24, 2.45) is 14.9 Å². The second-order valence-corrected chi connectivity index (χ2v) is 8.45. The lowest BCUT2D eigenvalue weighted by molar-refractivity contribution is 0.0498. The van der Waals surface area contributed by atoms with E-state index in [2.05, 4.69) is 14.2 Å². The fourth-order valence-corrected chi connectivity index (χ4v) is 4.34. The van der Waals surface area contributed by atoms with Crippen LogP contribution in [0.2, 0.25) is 0 Å². The number of hydrogen-bond acceptors (Lipinski definition) is 6. The smallest absolute Gasteiger partial charge is 0.337 e. The normalized spacial score (nSPS) is 18.5. The number of hydrazone groups is 1. The third-order valence-corrected chi connectivity index (χ3v) is 6.23. The molecule has 0 bridgehead atoms. The second kappa shape index (κ2) is 7.67. The van der Waals surface area contributed by atoms with Gasteiger partial charge in [0.15, 0.2) is 0 Å². The molecule has 1 fully saturated rings. The van der Waals surface area contributed by atoms with E-state index in [1.54, 1.807) is 10.1 Å². The van der Waals surface area contributed by atoms with Gasteiger partial charge in [0, 0.05) is 18.2 Å². The van der Waals surface area contributed by atoms with Gasteiger partial charge < -0.3 is 4.74 Å². The standard InChI is InChI=1S/C18H24N4O4S/c1-3-21(22-13-18(12-19-22)9-4-5-10-18)14-20-27(24,25)16-8-6-7-15(11-16)17(23)26-2/h6-8,11-12,14H,3-5,9-10,13H2,1-2H3. The van der Waals surface area contributed by atoms with Gasteiger partial charge in [0.25, 0.3) is 10.0 Å². The fraction of sp³-hybridized carbons (Fsp3) is 0.500. The van der Waals surface area contributed by atoms with Gasteiger partial charge in [-0.25, -0.2) is 9.91 Å². The Morgan fingerprint density at radius 3 is 2.81 bits per heavy atom. The van der Waals surface area contributed by atoms with Gasteiger partial charge >= 0.3 is 5.97 Å². The van der Waals surface area contributed by atoms with Crippen molar-refractivity contribution in [1.82, 2.24) is 10.1 Å². The molecule has 1 aliphatic heterocycles. The molecule has 146 valence electrons. The molecular weight excluding hydrogens is 368 g/mol. The Balaban J connectivity index is 1.75. The predicted octanol–water partition coefficient (Wildman–Crippen LogP) is 2.29.